The van der Waals surface area contributed by atoms with Gasteiger partial charge in [0.15, 0.2) is 0 Å². The van der Waals surface area contributed by atoms with Gasteiger partial charge in [0, 0.05) is 24.0 Å². The fourth-order valence-electron chi connectivity index (χ4n) is 2.73. The van der Waals surface area contributed by atoms with E-state index in [4.69, 9.17) is 11.5 Å². The average Bonchev–Trinajstić information content (AvgIpc) is 2.64. The van der Waals surface area contributed by atoms with Crippen LogP contribution in [0.4, 0.5) is 5.69 Å². The molecule has 2 rings (SSSR count). The minimum Gasteiger partial charge on any atom is -0.679 e. The second-order valence-corrected chi connectivity index (χ2v) is 6.08. The van der Waals surface area contributed by atoms with Crippen molar-refractivity contribution in [1.29, 1.82) is 0 Å². The number of nitrogens with one attached hydrogen (secondary N) is 3. The van der Waals surface area contributed by atoms with Gasteiger partial charge in [-0.25, -0.2) is 0 Å². The molecule has 7 heteroatoms. The van der Waals surface area contributed by atoms with Crippen molar-refractivity contribution in [3.05, 3.63) is 36.0 Å². The third-order valence-corrected chi connectivity index (χ3v) is 4.16. The SMILES string of the molecule is CC(C)C1CCC(C(=O)Nc2ccncc2)CC1.[Cl][Pt].[NH-]CC[NH-]. The molecule has 0 aromatic carbocycles. The van der Waals surface area contributed by atoms with Gasteiger partial charge in [-0.05, 0) is 49.7 Å². The molecule has 5 nitrogen and oxygen atoms in total. The number of pyridine rings is 1. The van der Waals surface area contributed by atoms with E-state index >= 15 is 0 Å². The molecule has 1 amide bonds. The van der Waals surface area contributed by atoms with Crippen molar-refractivity contribution < 1.29 is 23.6 Å². The maximum Gasteiger partial charge on any atom is -0.171 e. The fraction of sp³-hybridized carbons (Fsp3) is 0.647. The van der Waals surface area contributed by atoms with Crippen molar-refractivity contribution in [3.8, 4) is 0 Å². The summed E-state index contributed by atoms with van der Waals surface area (Å²) < 4.78 is 0. The van der Waals surface area contributed by atoms with Crippen LogP contribution in [0.5, 0.6) is 0 Å². The number of carbonyl (C=O) groups is 1. The maximum absolute atomic E-state index is 12.1. The molecule has 0 atom stereocenters. The summed E-state index contributed by atoms with van der Waals surface area (Å²) in [6.07, 6.45) is 7.83. The number of aromatic nitrogens is 1. The van der Waals surface area contributed by atoms with E-state index < -0.39 is 0 Å². The van der Waals surface area contributed by atoms with E-state index in [1.807, 2.05) is 12.1 Å². The van der Waals surface area contributed by atoms with Crippen LogP contribution in [0, 0.1) is 17.8 Å². The minimum atomic E-state index is 0.170. The standard InChI is InChI=1S/C15H22N2O.C2H6N2.ClH.Pt/c1-11(2)12-3-5-13(6-4-12)15(18)17-14-7-9-16-10-8-14;3-1-2-4;;/h7-13H,3-6H2,1-2H3,(H,16,17,18);3-4H,1-2H2;1H;/q;-2;;+1/p-1. The van der Waals surface area contributed by atoms with Gasteiger partial charge >= 0.3 is 28.2 Å². The third-order valence-electron chi connectivity index (χ3n) is 4.16. The second-order valence-electron chi connectivity index (χ2n) is 6.08. The number of hydrogen-bond donors (Lipinski definition) is 1. The van der Waals surface area contributed by atoms with E-state index in [2.05, 4.69) is 33.6 Å². The Morgan fingerprint density at radius 2 is 1.71 bits per heavy atom. The largest absolute Gasteiger partial charge is 0.679 e. The van der Waals surface area contributed by atoms with Crippen LogP contribution in [0.15, 0.2) is 24.5 Å². The fourth-order valence-corrected chi connectivity index (χ4v) is 2.73. The molecule has 1 aliphatic rings. The molecular weight excluding hydrogens is 507 g/mol. The van der Waals surface area contributed by atoms with Crippen molar-refractivity contribution in [1.82, 2.24) is 4.98 Å². The summed E-state index contributed by atoms with van der Waals surface area (Å²) in [5, 5.41) is 2.98. The van der Waals surface area contributed by atoms with Gasteiger partial charge in [0.2, 0.25) is 5.91 Å². The van der Waals surface area contributed by atoms with E-state index in [9.17, 15) is 4.79 Å². The molecule has 141 valence electrons. The van der Waals surface area contributed by atoms with Crippen molar-refractivity contribution >= 4 is 21.0 Å². The third kappa shape index (κ3) is 9.73. The topological polar surface area (TPSA) is 89.6 Å². The van der Waals surface area contributed by atoms with Gasteiger partial charge in [0.05, 0.1) is 0 Å². The number of rotatable bonds is 4. The summed E-state index contributed by atoms with van der Waals surface area (Å²) in [7, 11) is 4.61. The van der Waals surface area contributed by atoms with Crippen molar-refractivity contribution in [3.63, 3.8) is 0 Å². The van der Waals surface area contributed by atoms with Gasteiger partial charge in [-0.15, -0.1) is 0 Å². The average molecular weight is 535 g/mol. The number of carbonyl (C=O) groups excluding carboxylic acids is 1. The van der Waals surface area contributed by atoms with E-state index in [-0.39, 0.29) is 24.9 Å². The molecule has 0 aliphatic heterocycles. The van der Waals surface area contributed by atoms with Crippen molar-refractivity contribution in [2.24, 2.45) is 17.8 Å². The van der Waals surface area contributed by atoms with E-state index in [0.717, 1.165) is 30.4 Å². The quantitative estimate of drug-likeness (QED) is 0.571. The zero-order chi connectivity index (χ0) is 18.4. The van der Waals surface area contributed by atoms with Crippen LogP contribution in [-0.2, 0) is 23.6 Å². The number of hydrogen-bond acceptors (Lipinski definition) is 2. The van der Waals surface area contributed by atoms with E-state index in [0.29, 0.717) is 0 Å². The first-order valence-corrected chi connectivity index (χ1v) is 11.0. The van der Waals surface area contributed by atoms with Crippen LogP contribution in [-0.4, -0.2) is 24.0 Å². The Labute approximate surface area is 161 Å². The summed E-state index contributed by atoms with van der Waals surface area (Å²) in [6, 6.07) is 3.66. The summed E-state index contributed by atoms with van der Waals surface area (Å²) in [6.45, 7) is 5.03. The molecule has 0 radical (unpaired) electrons. The van der Waals surface area contributed by atoms with Gasteiger partial charge in [-0.2, -0.15) is 13.1 Å². The smallest absolute Gasteiger partial charge is 0.171 e. The number of nitrogens with zero attached hydrogens (tertiary/aromatic N) is 1. The Hall–Kier alpha value is -0.482. The summed E-state index contributed by atoms with van der Waals surface area (Å²) in [5.74, 6) is 1.90. The predicted octanol–water partition coefficient (Wildman–Crippen LogP) is 5.26. The zero-order valence-electron chi connectivity index (χ0n) is 14.3. The Morgan fingerprint density at radius 3 is 2.12 bits per heavy atom. The van der Waals surface area contributed by atoms with E-state index in [1.54, 1.807) is 31.2 Å². The number of halogens is 1. The summed E-state index contributed by atoms with van der Waals surface area (Å²) >= 11 is 1.61. The van der Waals surface area contributed by atoms with Gasteiger partial charge < -0.3 is 16.8 Å². The molecule has 1 aromatic rings. The van der Waals surface area contributed by atoms with Crippen molar-refractivity contribution in [2.45, 2.75) is 39.5 Å². The molecule has 1 aromatic heterocycles. The van der Waals surface area contributed by atoms with Crippen LogP contribution in [0.3, 0.4) is 0 Å². The molecule has 3 N–H and O–H groups in total. The second kappa shape index (κ2) is 14.8. The first-order valence-electron chi connectivity index (χ1n) is 8.20. The molecule has 24 heavy (non-hydrogen) atoms. The van der Waals surface area contributed by atoms with Crippen LogP contribution in [0.2, 0.25) is 0 Å². The molecule has 1 heterocycles. The summed E-state index contributed by atoms with van der Waals surface area (Å²) in [5.41, 5.74) is 13.4. The first-order chi connectivity index (χ1) is 11.6. The van der Waals surface area contributed by atoms with Crippen LogP contribution in [0.25, 0.3) is 11.5 Å². The molecule has 0 spiro atoms. The van der Waals surface area contributed by atoms with Gasteiger partial charge in [0.25, 0.3) is 0 Å². The predicted molar refractivity (Wildman–Crippen MR) is 97.4 cm³/mol. The summed E-state index contributed by atoms with van der Waals surface area (Å²) in [4.78, 5) is 16.1. The number of anilines is 1. The molecule has 1 aliphatic carbocycles. The minimum absolute atomic E-state index is 0.170. The molecule has 1 fully saturated rings. The Bertz CT molecular complexity index is 424. The first kappa shape index (κ1) is 23.5. The normalized spacial score (nSPS) is 19.5. The maximum atomic E-state index is 12.1. The molecule has 0 bridgehead atoms. The van der Waals surface area contributed by atoms with Crippen LogP contribution >= 0.6 is 9.42 Å². The monoisotopic (exact) mass is 534 g/mol. The number of amides is 1. The molecule has 0 saturated heterocycles. The van der Waals surface area contributed by atoms with Gasteiger partial charge in [-0.1, -0.05) is 13.8 Å². The van der Waals surface area contributed by atoms with Gasteiger partial charge in [0.1, 0.15) is 0 Å². The van der Waals surface area contributed by atoms with E-state index in [1.165, 1.54) is 12.8 Å². The van der Waals surface area contributed by atoms with Gasteiger partial charge in [-0.3, -0.25) is 9.78 Å². The van der Waals surface area contributed by atoms with Crippen molar-refractivity contribution in [2.75, 3.05) is 18.4 Å². The zero-order valence-corrected chi connectivity index (χ0v) is 17.4. The van der Waals surface area contributed by atoms with Crippen LogP contribution < -0.4 is 5.32 Å². The Balaban J connectivity index is 0.000000773. The molecular formula is C17H28ClN4OPt-2. The molecule has 0 unspecified atom stereocenters. The Morgan fingerprint density at radius 1 is 1.21 bits per heavy atom. The molecule has 1 saturated carbocycles. The van der Waals surface area contributed by atoms with Crippen LogP contribution in [0.1, 0.15) is 39.5 Å². The Kier molecular flexibility index (Phi) is 14.5.